The third kappa shape index (κ3) is 2.18. The highest BCUT2D eigenvalue weighted by molar-refractivity contribution is 9.10. The molecule has 1 aromatic rings. The van der Waals surface area contributed by atoms with Crippen molar-refractivity contribution in [2.45, 2.75) is 26.2 Å². The lowest BCUT2D eigenvalue weighted by molar-refractivity contribution is 0.389. The van der Waals surface area contributed by atoms with Crippen molar-refractivity contribution >= 4 is 15.9 Å². The monoisotopic (exact) mass is 244 g/mol. The summed E-state index contributed by atoms with van der Waals surface area (Å²) >= 11 is 3.43. The van der Waals surface area contributed by atoms with E-state index in [2.05, 4.69) is 46.7 Å². The Labute approximate surface area is 86.7 Å². The second kappa shape index (κ2) is 3.62. The number of nitrogens with zero attached hydrogens (tertiary/aromatic N) is 2. The molecule has 0 aromatic carbocycles. The summed E-state index contributed by atoms with van der Waals surface area (Å²) in [5.41, 5.74) is 0.953. The van der Waals surface area contributed by atoms with Gasteiger partial charge < -0.3 is 4.74 Å². The molecule has 1 rings (SSSR count). The fourth-order valence-electron chi connectivity index (χ4n) is 1.02. The highest BCUT2D eigenvalue weighted by Gasteiger charge is 2.21. The van der Waals surface area contributed by atoms with Crippen molar-refractivity contribution in [1.29, 1.82) is 0 Å². The average molecular weight is 245 g/mol. The summed E-state index contributed by atoms with van der Waals surface area (Å²) < 4.78 is 5.92. The zero-order valence-corrected chi connectivity index (χ0v) is 9.84. The molecule has 0 saturated carbocycles. The van der Waals surface area contributed by atoms with E-state index in [-0.39, 0.29) is 5.41 Å². The molecule has 3 nitrogen and oxygen atoms in total. The van der Waals surface area contributed by atoms with Crippen LogP contribution in [0.3, 0.4) is 0 Å². The molecule has 13 heavy (non-hydrogen) atoms. The molecule has 0 unspecified atom stereocenters. The summed E-state index contributed by atoms with van der Waals surface area (Å²) in [7, 11) is 1.60. The minimum Gasteiger partial charge on any atom is -0.480 e. The first-order valence-electron chi connectivity index (χ1n) is 4.01. The molecule has 0 atom stereocenters. The van der Waals surface area contributed by atoms with Gasteiger partial charge in [-0.1, -0.05) is 20.8 Å². The molecule has 0 bridgehead atoms. The Morgan fingerprint density at radius 2 is 1.92 bits per heavy atom. The van der Waals surface area contributed by atoms with Crippen molar-refractivity contribution in [3.05, 3.63) is 16.5 Å². The second-order valence-electron chi connectivity index (χ2n) is 3.80. The van der Waals surface area contributed by atoms with Crippen LogP contribution in [-0.4, -0.2) is 17.1 Å². The van der Waals surface area contributed by atoms with Crippen LogP contribution in [0.25, 0.3) is 0 Å². The molecule has 0 radical (unpaired) electrons. The van der Waals surface area contributed by atoms with Gasteiger partial charge in [0, 0.05) is 5.41 Å². The van der Waals surface area contributed by atoms with Gasteiger partial charge in [-0.15, -0.1) is 0 Å². The zero-order chi connectivity index (χ0) is 10.1. The van der Waals surface area contributed by atoms with Crippen molar-refractivity contribution in [3.8, 4) is 5.88 Å². The lowest BCUT2D eigenvalue weighted by Crippen LogP contribution is -2.15. The van der Waals surface area contributed by atoms with Crippen LogP contribution < -0.4 is 4.74 Å². The van der Waals surface area contributed by atoms with Gasteiger partial charge in [0.1, 0.15) is 10.8 Å². The molecule has 1 aromatic heterocycles. The Hall–Kier alpha value is -0.640. The number of hydrogen-bond acceptors (Lipinski definition) is 3. The Morgan fingerprint density at radius 1 is 1.31 bits per heavy atom. The summed E-state index contributed by atoms with van der Waals surface area (Å²) in [4.78, 5) is 8.21. The van der Waals surface area contributed by atoms with E-state index in [9.17, 15) is 0 Å². The molecule has 0 aliphatic rings. The summed E-state index contributed by atoms with van der Waals surface area (Å²) in [6.07, 6.45) is 1.52. The van der Waals surface area contributed by atoms with Crippen LogP contribution in [0.2, 0.25) is 0 Å². The summed E-state index contributed by atoms with van der Waals surface area (Å²) in [5.74, 6) is 0.583. The number of rotatable bonds is 1. The van der Waals surface area contributed by atoms with Crippen LogP contribution in [0.1, 0.15) is 26.5 Å². The molecular formula is C9H13BrN2O. The van der Waals surface area contributed by atoms with Crippen LogP contribution in [-0.2, 0) is 5.41 Å². The van der Waals surface area contributed by atoms with E-state index in [0.29, 0.717) is 5.88 Å². The van der Waals surface area contributed by atoms with E-state index in [1.165, 1.54) is 6.33 Å². The maximum atomic E-state index is 5.08. The van der Waals surface area contributed by atoms with E-state index in [4.69, 9.17) is 4.74 Å². The minimum absolute atomic E-state index is 0.00491. The topological polar surface area (TPSA) is 35.0 Å². The lowest BCUT2D eigenvalue weighted by Gasteiger charge is -2.19. The fourth-order valence-corrected chi connectivity index (χ4v) is 1.98. The van der Waals surface area contributed by atoms with Gasteiger partial charge >= 0.3 is 0 Å². The molecule has 0 aliphatic carbocycles. The third-order valence-electron chi connectivity index (χ3n) is 1.66. The summed E-state index contributed by atoms with van der Waals surface area (Å²) in [5, 5.41) is 0. The van der Waals surface area contributed by atoms with Crippen LogP contribution in [0, 0.1) is 0 Å². The SMILES string of the molecule is COc1ncnc(C(C)(C)C)c1Br. The summed E-state index contributed by atoms with van der Waals surface area (Å²) in [6.45, 7) is 6.29. The van der Waals surface area contributed by atoms with Crippen LogP contribution in [0.5, 0.6) is 5.88 Å². The van der Waals surface area contributed by atoms with Crippen molar-refractivity contribution in [2.75, 3.05) is 7.11 Å². The minimum atomic E-state index is -0.00491. The molecule has 0 spiro atoms. The van der Waals surface area contributed by atoms with Gasteiger partial charge in [0.25, 0.3) is 0 Å². The maximum absolute atomic E-state index is 5.08. The first kappa shape index (κ1) is 10.4. The van der Waals surface area contributed by atoms with Gasteiger partial charge in [-0.3, -0.25) is 0 Å². The van der Waals surface area contributed by atoms with Gasteiger partial charge in [-0.05, 0) is 15.9 Å². The number of aromatic nitrogens is 2. The molecule has 4 heteroatoms. The highest BCUT2D eigenvalue weighted by Crippen LogP contribution is 2.32. The van der Waals surface area contributed by atoms with Gasteiger partial charge in [0.2, 0.25) is 5.88 Å². The Balaban J connectivity index is 3.24. The van der Waals surface area contributed by atoms with Crippen molar-refractivity contribution < 1.29 is 4.74 Å². The smallest absolute Gasteiger partial charge is 0.231 e. The van der Waals surface area contributed by atoms with E-state index in [0.717, 1.165) is 10.2 Å². The third-order valence-corrected chi connectivity index (χ3v) is 2.38. The molecule has 0 amide bonds. The molecule has 0 N–H and O–H groups in total. The lowest BCUT2D eigenvalue weighted by atomic mass is 9.92. The first-order chi connectivity index (χ1) is 5.96. The Kier molecular flexibility index (Phi) is 2.91. The van der Waals surface area contributed by atoms with Gasteiger partial charge in [-0.2, -0.15) is 0 Å². The number of methoxy groups -OCH3 is 1. The molecular weight excluding hydrogens is 232 g/mol. The van der Waals surface area contributed by atoms with Crippen molar-refractivity contribution in [1.82, 2.24) is 9.97 Å². The van der Waals surface area contributed by atoms with Crippen molar-refractivity contribution in [2.24, 2.45) is 0 Å². The molecule has 0 aliphatic heterocycles. The Morgan fingerprint density at radius 3 is 2.38 bits per heavy atom. The van der Waals surface area contributed by atoms with Crippen LogP contribution >= 0.6 is 15.9 Å². The molecule has 0 fully saturated rings. The normalized spacial score (nSPS) is 11.5. The number of ether oxygens (including phenoxy) is 1. The van der Waals surface area contributed by atoms with Gasteiger partial charge in [-0.25, -0.2) is 9.97 Å². The molecule has 0 saturated heterocycles. The predicted molar refractivity (Wildman–Crippen MR) is 55.0 cm³/mol. The predicted octanol–water partition coefficient (Wildman–Crippen LogP) is 2.55. The first-order valence-corrected chi connectivity index (χ1v) is 4.81. The largest absolute Gasteiger partial charge is 0.480 e. The van der Waals surface area contributed by atoms with E-state index in [1.54, 1.807) is 7.11 Å². The van der Waals surface area contributed by atoms with Gasteiger partial charge in [0.15, 0.2) is 0 Å². The standard InChI is InChI=1S/C9H13BrN2O/c1-9(2,3)7-6(10)8(13-4)12-5-11-7/h5H,1-4H3. The summed E-state index contributed by atoms with van der Waals surface area (Å²) in [6, 6.07) is 0. The molecule has 72 valence electrons. The Bertz CT molecular complexity index is 307. The fraction of sp³-hybridized carbons (Fsp3) is 0.556. The maximum Gasteiger partial charge on any atom is 0.231 e. The van der Waals surface area contributed by atoms with Gasteiger partial charge in [0.05, 0.1) is 12.8 Å². The average Bonchev–Trinajstić information content (AvgIpc) is 2.02. The second-order valence-corrected chi connectivity index (χ2v) is 4.59. The van der Waals surface area contributed by atoms with E-state index < -0.39 is 0 Å². The van der Waals surface area contributed by atoms with E-state index >= 15 is 0 Å². The number of halogens is 1. The van der Waals surface area contributed by atoms with Crippen LogP contribution in [0.15, 0.2) is 10.8 Å². The van der Waals surface area contributed by atoms with Crippen molar-refractivity contribution in [3.63, 3.8) is 0 Å². The van der Waals surface area contributed by atoms with E-state index in [1.807, 2.05) is 0 Å². The highest BCUT2D eigenvalue weighted by atomic mass is 79.9. The zero-order valence-electron chi connectivity index (χ0n) is 8.26. The molecule has 1 heterocycles. The number of hydrogen-bond donors (Lipinski definition) is 0. The quantitative estimate of drug-likeness (QED) is 0.762. The van der Waals surface area contributed by atoms with Crippen LogP contribution in [0.4, 0.5) is 0 Å².